The first kappa shape index (κ1) is 12.0. The molecule has 2 heterocycles. The third kappa shape index (κ3) is 3.50. The number of hydrazone groups is 1. The number of thiophene rings is 1. The van der Waals surface area contributed by atoms with Crippen LogP contribution in [0.3, 0.4) is 0 Å². The van der Waals surface area contributed by atoms with Gasteiger partial charge >= 0.3 is 0 Å². The van der Waals surface area contributed by atoms with Crippen LogP contribution in [0.2, 0.25) is 0 Å². The SMILES string of the molecule is Cc1cc(=O)[nH]c(N/N=C/c2ccc(Br)s2)n1. The molecule has 0 saturated carbocycles. The van der Waals surface area contributed by atoms with Gasteiger partial charge in [-0.05, 0) is 35.0 Å². The smallest absolute Gasteiger partial charge is 0.252 e. The van der Waals surface area contributed by atoms with Gasteiger partial charge in [0.2, 0.25) is 5.95 Å². The molecule has 0 unspecified atom stereocenters. The fourth-order valence-corrected chi connectivity index (χ4v) is 2.48. The molecule has 0 aromatic carbocycles. The van der Waals surface area contributed by atoms with Gasteiger partial charge in [-0.1, -0.05) is 0 Å². The third-order valence-electron chi connectivity index (χ3n) is 1.83. The maximum atomic E-state index is 11.2. The van der Waals surface area contributed by atoms with Gasteiger partial charge in [-0.15, -0.1) is 11.3 Å². The van der Waals surface area contributed by atoms with Crippen LogP contribution in [-0.4, -0.2) is 16.2 Å². The van der Waals surface area contributed by atoms with Gasteiger partial charge in [-0.3, -0.25) is 9.78 Å². The Balaban J connectivity index is 2.07. The summed E-state index contributed by atoms with van der Waals surface area (Å²) in [5.41, 5.74) is 3.12. The van der Waals surface area contributed by atoms with Crippen molar-refractivity contribution in [2.75, 3.05) is 5.43 Å². The van der Waals surface area contributed by atoms with Crippen molar-refractivity contribution in [2.45, 2.75) is 6.92 Å². The van der Waals surface area contributed by atoms with Gasteiger partial charge in [-0.25, -0.2) is 10.4 Å². The highest BCUT2D eigenvalue weighted by Crippen LogP contribution is 2.20. The van der Waals surface area contributed by atoms with Crippen LogP contribution in [0.5, 0.6) is 0 Å². The monoisotopic (exact) mass is 312 g/mol. The number of aryl methyl sites for hydroxylation is 1. The molecule has 0 aliphatic carbocycles. The molecule has 2 rings (SSSR count). The summed E-state index contributed by atoms with van der Waals surface area (Å²) in [4.78, 5) is 18.8. The molecule has 2 aromatic rings. The Morgan fingerprint density at radius 1 is 1.59 bits per heavy atom. The van der Waals surface area contributed by atoms with Gasteiger partial charge < -0.3 is 0 Å². The van der Waals surface area contributed by atoms with Crippen LogP contribution in [0, 0.1) is 6.92 Å². The van der Waals surface area contributed by atoms with Gasteiger partial charge in [0.05, 0.1) is 10.0 Å². The molecular formula is C10H9BrN4OS. The Labute approximate surface area is 110 Å². The first-order valence-electron chi connectivity index (χ1n) is 4.76. The van der Waals surface area contributed by atoms with Crippen molar-refractivity contribution >= 4 is 39.4 Å². The lowest BCUT2D eigenvalue weighted by Crippen LogP contribution is -2.10. The van der Waals surface area contributed by atoms with E-state index in [0.717, 1.165) is 8.66 Å². The molecule has 7 heteroatoms. The molecule has 0 atom stereocenters. The molecule has 5 nitrogen and oxygen atoms in total. The van der Waals surface area contributed by atoms with E-state index in [1.807, 2.05) is 12.1 Å². The van der Waals surface area contributed by atoms with Crippen molar-refractivity contribution in [2.24, 2.45) is 5.10 Å². The molecule has 0 amide bonds. The van der Waals surface area contributed by atoms with E-state index >= 15 is 0 Å². The number of hydrogen-bond acceptors (Lipinski definition) is 5. The molecule has 2 N–H and O–H groups in total. The average molecular weight is 313 g/mol. The molecule has 88 valence electrons. The van der Waals surface area contributed by atoms with Crippen molar-refractivity contribution in [3.8, 4) is 0 Å². The van der Waals surface area contributed by atoms with E-state index in [9.17, 15) is 4.79 Å². The fourth-order valence-electron chi connectivity index (χ4n) is 1.19. The Hall–Kier alpha value is -1.47. The van der Waals surface area contributed by atoms with E-state index in [4.69, 9.17) is 0 Å². The normalized spacial score (nSPS) is 10.9. The van der Waals surface area contributed by atoms with E-state index in [1.54, 1.807) is 24.5 Å². The summed E-state index contributed by atoms with van der Waals surface area (Å²) in [6, 6.07) is 5.30. The number of rotatable bonds is 3. The van der Waals surface area contributed by atoms with Gasteiger partial charge in [0, 0.05) is 16.6 Å². The number of aromatic nitrogens is 2. The van der Waals surface area contributed by atoms with Gasteiger partial charge in [0.1, 0.15) is 0 Å². The summed E-state index contributed by atoms with van der Waals surface area (Å²) in [6.07, 6.45) is 1.66. The van der Waals surface area contributed by atoms with Crippen molar-refractivity contribution in [1.82, 2.24) is 9.97 Å². The lowest BCUT2D eigenvalue weighted by atomic mass is 10.4. The average Bonchev–Trinajstić information content (AvgIpc) is 2.63. The summed E-state index contributed by atoms with van der Waals surface area (Å²) < 4.78 is 1.04. The standard InChI is InChI=1S/C10H9BrN4OS/c1-6-4-9(16)14-10(13-6)15-12-5-7-2-3-8(11)17-7/h2-5H,1H3,(H2,13,14,15,16)/b12-5+. The van der Waals surface area contributed by atoms with Crippen molar-refractivity contribution < 1.29 is 0 Å². The summed E-state index contributed by atoms with van der Waals surface area (Å²) >= 11 is 4.93. The number of nitrogens with one attached hydrogen (secondary N) is 2. The lowest BCUT2D eigenvalue weighted by molar-refractivity contribution is 1.04. The second kappa shape index (κ2) is 5.24. The van der Waals surface area contributed by atoms with Gasteiger partial charge in [-0.2, -0.15) is 5.10 Å². The highest BCUT2D eigenvalue weighted by molar-refractivity contribution is 9.11. The van der Waals surface area contributed by atoms with Crippen LogP contribution in [0.25, 0.3) is 0 Å². The van der Waals surface area contributed by atoms with Crippen molar-refractivity contribution in [1.29, 1.82) is 0 Å². The zero-order chi connectivity index (χ0) is 12.3. The van der Waals surface area contributed by atoms with E-state index < -0.39 is 0 Å². The zero-order valence-electron chi connectivity index (χ0n) is 8.90. The predicted molar refractivity (Wildman–Crippen MR) is 72.8 cm³/mol. The molecule has 2 aromatic heterocycles. The Kier molecular flexibility index (Phi) is 3.70. The van der Waals surface area contributed by atoms with Gasteiger partial charge in [0.25, 0.3) is 5.56 Å². The highest BCUT2D eigenvalue weighted by atomic mass is 79.9. The summed E-state index contributed by atoms with van der Waals surface area (Å²) in [6.45, 7) is 1.75. The molecule has 17 heavy (non-hydrogen) atoms. The zero-order valence-corrected chi connectivity index (χ0v) is 11.3. The molecule has 0 radical (unpaired) electrons. The van der Waals surface area contributed by atoms with Crippen molar-refractivity contribution in [3.05, 3.63) is 42.9 Å². The van der Waals surface area contributed by atoms with E-state index in [-0.39, 0.29) is 5.56 Å². The summed E-state index contributed by atoms with van der Waals surface area (Å²) in [7, 11) is 0. The number of halogens is 1. The van der Waals surface area contributed by atoms with Crippen LogP contribution in [0.15, 0.2) is 31.9 Å². The highest BCUT2D eigenvalue weighted by Gasteiger charge is 1.96. The molecule has 0 aliphatic rings. The number of H-pyrrole nitrogens is 1. The lowest BCUT2D eigenvalue weighted by Gasteiger charge is -1.98. The molecule has 0 bridgehead atoms. The predicted octanol–water partition coefficient (Wildman–Crippen LogP) is 2.35. The molecule has 0 saturated heterocycles. The van der Waals surface area contributed by atoms with E-state index in [0.29, 0.717) is 11.6 Å². The minimum absolute atomic E-state index is 0.200. The van der Waals surface area contributed by atoms with E-state index in [2.05, 4.69) is 36.4 Å². The van der Waals surface area contributed by atoms with Crippen LogP contribution >= 0.6 is 27.3 Å². The topological polar surface area (TPSA) is 70.1 Å². The summed E-state index contributed by atoms with van der Waals surface area (Å²) in [5, 5.41) is 3.99. The maximum Gasteiger partial charge on any atom is 0.252 e. The molecule has 0 aliphatic heterocycles. The maximum absolute atomic E-state index is 11.2. The van der Waals surface area contributed by atoms with Crippen LogP contribution in [-0.2, 0) is 0 Å². The summed E-state index contributed by atoms with van der Waals surface area (Å²) in [5.74, 6) is 0.335. The quantitative estimate of drug-likeness (QED) is 0.675. The minimum atomic E-state index is -0.200. The Bertz CT molecular complexity index is 604. The first-order chi connectivity index (χ1) is 8.13. The van der Waals surface area contributed by atoms with Crippen LogP contribution < -0.4 is 11.0 Å². The Morgan fingerprint density at radius 2 is 2.41 bits per heavy atom. The number of anilines is 1. The number of nitrogens with zero attached hydrogens (tertiary/aromatic N) is 2. The molecule has 0 fully saturated rings. The minimum Gasteiger partial charge on any atom is -0.291 e. The van der Waals surface area contributed by atoms with Gasteiger partial charge in [0.15, 0.2) is 0 Å². The van der Waals surface area contributed by atoms with E-state index in [1.165, 1.54) is 6.07 Å². The number of aromatic amines is 1. The second-order valence-corrected chi connectivity index (χ2v) is 5.74. The second-order valence-electron chi connectivity index (χ2n) is 3.25. The van der Waals surface area contributed by atoms with Crippen molar-refractivity contribution in [3.63, 3.8) is 0 Å². The molecule has 0 spiro atoms. The molecular weight excluding hydrogens is 304 g/mol. The van der Waals surface area contributed by atoms with Crippen LogP contribution in [0.1, 0.15) is 10.6 Å². The fraction of sp³-hybridized carbons (Fsp3) is 0.100. The number of hydrogen-bond donors (Lipinski definition) is 2. The first-order valence-corrected chi connectivity index (χ1v) is 6.37. The Morgan fingerprint density at radius 3 is 3.06 bits per heavy atom. The van der Waals surface area contributed by atoms with Crippen LogP contribution in [0.4, 0.5) is 5.95 Å². The third-order valence-corrected chi connectivity index (χ3v) is 3.38. The largest absolute Gasteiger partial charge is 0.291 e.